The SMILES string of the molecule is Cc1cnc(CNCc2cccc(C)c2O)o1. The highest BCUT2D eigenvalue weighted by molar-refractivity contribution is 5.39. The highest BCUT2D eigenvalue weighted by Gasteiger charge is 2.04. The highest BCUT2D eigenvalue weighted by Crippen LogP contribution is 2.20. The second-order valence-electron chi connectivity index (χ2n) is 4.05. The number of para-hydroxylation sites is 1. The van der Waals surface area contributed by atoms with Gasteiger partial charge in [-0.25, -0.2) is 4.98 Å². The van der Waals surface area contributed by atoms with E-state index in [9.17, 15) is 5.11 Å². The molecule has 0 saturated heterocycles. The quantitative estimate of drug-likeness (QED) is 0.849. The molecule has 1 aromatic carbocycles. The monoisotopic (exact) mass is 232 g/mol. The number of phenolic OH excluding ortho intramolecular Hbond substituents is 1. The lowest BCUT2D eigenvalue weighted by atomic mass is 10.1. The van der Waals surface area contributed by atoms with Crippen molar-refractivity contribution in [2.45, 2.75) is 26.9 Å². The first-order valence-electron chi connectivity index (χ1n) is 5.56. The van der Waals surface area contributed by atoms with E-state index in [-0.39, 0.29) is 0 Å². The largest absolute Gasteiger partial charge is 0.507 e. The number of phenols is 1. The van der Waals surface area contributed by atoms with Crippen LogP contribution in [0.2, 0.25) is 0 Å². The zero-order chi connectivity index (χ0) is 12.3. The van der Waals surface area contributed by atoms with E-state index in [1.54, 1.807) is 6.20 Å². The van der Waals surface area contributed by atoms with Gasteiger partial charge < -0.3 is 14.8 Å². The fourth-order valence-corrected chi connectivity index (χ4v) is 1.65. The van der Waals surface area contributed by atoms with Crippen LogP contribution in [0.15, 0.2) is 28.8 Å². The van der Waals surface area contributed by atoms with Gasteiger partial charge in [-0.05, 0) is 19.4 Å². The molecule has 2 aromatic rings. The van der Waals surface area contributed by atoms with Crippen molar-refractivity contribution in [3.63, 3.8) is 0 Å². The minimum atomic E-state index is 0.351. The number of aryl methyl sites for hydroxylation is 2. The normalized spacial score (nSPS) is 10.7. The standard InChI is InChI=1S/C13H16N2O2/c1-9-4-3-5-11(13(9)16)7-14-8-12-15-6-10(2)17-12/h3-6,14,16H,7-8H2,1-2H3. The van der Waals surface area contributed by atoms with Gasteiger partial charge in [0.25, 0.3) is 0 Å². The van der Waals surface area contributed by atoms with E-state index >= 15 is 0 Å². The Hall–Kier alpha value is -1.81. The molecule has 0 spiro atoms. The molecular formula is C13H16N2O2. The van der Waals surface area contributed by atoms with Crippen LogP contribution in [-0.2, 0) is 13.1 Å². The lowest BCUT2D eigenvalue weighted by Crippen LogP contribution is -2.13. The lowest BCUT2D eigenvalue weighted by Gasteiger charge is -2.07. The van der Waals surface area contributed by atoms with Crippen LogP contribution in [0.1, 0.15) is 22.8 Å². The zero-order valence-electron chi connectivity index (χ0n) is 10.0. The summed E-state index contributed by atoms with van der Waals surface area (Å²) in [7, 11) is 0. The molecule has 0 aliphatic carbocycles. The van der Waals surface area contributed by atoms with Crippen molar-refractivity contribution in [2.24, 2.45) is 0 Å². The van der Waals surface area contributed by atoms with Gasteiger partial charge in [0.2, 0.25) is 5.89 Å². The first-order chi connectivity index (χ1) is 8.16. The molecule has 90 valence electrons. The van der Waals surface area contributed by atoms with Crippen molar-refractivity contribution in [3.05, 3.63) is 47.2 Å². The maximum atomic E-state index is 9.82. The summed E-state index contributed by atoms with van der Waals surface area (Å²) in [4.78, 5) is 4.10. The Morgan fingerprint density at radius 3 is 2.82 bits per heavy atom. The Labute approximate surface area is 100 Å². The maximum absolute atomic E-state index is 9.82. The third-order valence-electron chi connectivity index (χ3n) is 2.58. The van der Waals surface area contributed by atoms with Gasteiger partial charge in [-0.15, -0.1) is 0 Å². The molecule has 0 atom stereocenters. The van der Waals surface area contributed by atoms with Crippen molar-refractivity contribution < 1.29 is 9.52 Å². The first-order valence-corrected chi connectivity index (χ1v) is 5.56. The topological polar surface area (TPSA) is 58.3 Å². The Bertz CT molecular complexity index is 506. The highest BCUT2D eigenvalue weighted by atomic mass is 16.4. The second-order valence-corrected chi connectivity index (χ2v) is 4.05. The molecule has 17 heavy (non-hydrogen) atoms. The zero-order valence-corrected chi connectivity index (χ0v) is 10.0. The minimum Gasteiger partial charge on any atom is -0.507 e. The second kappa shape index (κ2) is 5.01. The van der Waals surface area contributed by atoms with Gasteiger partial charge in [-0.1, -0.05) is 18.2 Å². The molecule has 0 fully saturated rings. The predicted molar refractivity (Wildman–Crippen MR) is 64.6 cm³/mol. The Morgan fingerprint density at radius 1 is 1.29 bits per heavy atom. The van der Waals surface area contributed by atoms with Crippen LogP contribution >= 0.6 is 0 Å². The molecule has 0 unspecified atom stereocenters. The summed E-state index contributed by atoms with van der Waals surface area (Å²) in [6.07, 6.45) is 1.70. The molecule has 0 amide bonds. The number of rotatable bonds is 4. The fourth-order valence-electron chi connectivity index (χ4n) is 1.65. The smallest absolute Gasteiger partial charge is 0.208 e. The van der Waals surface area contributed by atoms with Crippen LogP contribution in [0.25, 0.3) is 0 Å². The molecule has 0 radical (unpaired) electrons. The molecule has 2 rings (SSSR count). The number of hydrogen-bond acceptors (Lipinski definition) is 4. The number of hydrogen-bond donors (Lipinski definition) is 2. The van der Waals surface area contributed by atoms with Gasteiger partial charge in [0.1, 0.15) is 11.5 Å². The number of aromatic hydroxyl groups is 1. The van der Waals surface area contributed by atoms with E-state index in [1.807, 2.05) is 32.0 Å². The minimum absolute atomic E-state index is 0.351. The number of benzene rings is 1. The summed E-state index contributed by atoms with van der Waals surface area (Å²) >= 11 is 0. The lowest BCUT2D eigenvalue weighted by molar-refractivity contribution is 0.439. The van der Waals surface area contributed by atoms with Crippen LogP contribution in [0, 0.1) is 13.8 Å². The van der Waals surface area contributed by atoms with E-state index in [0.29, 0.717) is 24.7 Å². The molecular weight excluding hydrogens is 216 g/mol. The van der Waals surface area contributed by atoms with Gasteiger partial charge >= 0.3 is 0 Å². The Morgan fingerprint density at radius 2 is 2.12 bits per heavy atom. The maximum Gasteiger partial charge on any atom is 0.208 e. The average molecular weight is 232 g/mol. The molecule has 1 aromatic heterocycles. The molecule has 4 heteroatoms. The molecule has 0 bridgehead atoms. The van der Waals surface area contributed by atoms with E-state index in [4.69, 9.17) is 4.42 Å². The van der Waals surface area contributed by atoms with Gasteiger partial charge in [0, 0.05) is 12.1 Å². The molecule has 0 aliphatic heterocycles. The van der Waals surface area contributed by atoms with Crippen molar-refractivity contribution in [2.75, 3.05) is 0 Å². The van der Waals surface area contributed by atoms with Crippen LogP contribution in [0.4, 0.5) is 0 Å². The summed E-state index contributed by atoms with van der Waals surface area (Å²) in [5, 5.41) is 13.0. The Balaban J connectivity index is 1.92. The van der Waals surface area contributed by atoms with E-state index in [2.05, 4.69) is 10.3 Å². The van der Waals surface area contributed by atoms with Crippen molar-refractivity contribution >= 4 is 0 Å². The molecule has 1 heterocycles. The van der Waals surface area contributed by atoms with Crippen molar-refractivity contribution in [3.8, 4) is 5.75 Å². The van der Waals surface area contributed by atoms with Gasteiger partial charge in [-0.2, -0.15) is 0 Å². The van der Waals surface area contributed by atoms with Gasteiger partial charge in [-0.3, -0.25) is 0 Å². The van der Waals surface area contributed by atoms with E-state index < -0.39 is 0 Å². The van der Waals surface area contributed by atoms with Gasteiger partial charge in [0.05, 0.1) is 12.7 Å². The third-order valence-corrected chi connectivity index (χ3v) is 2.58. The van der Waals surface area contributed by atoms with Crippen LogP contribution in [0.3, 0.4) is 0 Å². The van der Waals surface area contributed by atoms with Gasteiger partial charge in [0.15, 0.2) is 0 Å². The number of oxazole rings is 1. The van der Waals surface area contributed by atoms with Crippen LogP contribution in [-0.4, -0.2) is 10.1 Å². The number of nitrogens with zero attached hydrogens (tertiary/aromatic N) is 1. The fraction of sp³-hybridized carbons (Fsp3) is 0.308. The summed E-state index contributed by atoms with van der Waals surface area (Å²) in [6.45, 7) is 4.90. The molecule has 0 saturated carbocycles. The third kappa shape index (κ3) is 2.85. The summed E-state index contributed by atoms with van der Waals surface area (Å²) in [5.41, 5.74) is 1.77. The molecule has 2 N–H and O–H groups in total. The van der Waals surface area contributed by atoms with E-state index in [1.165, 1.54) is 0 Å². The predicted octanol–water partition coefficient (Wildman–Crippen LogP) is 2.29. The average Bonchev–Trinajstić information content (AvgIpc) is 2.70. The number of nitrogens with one attached hydrogen (secondary N) is 1. The van der Waals surface area contributed by atoms with Crippen LogP contribution < -0.4 is 5.32 Å². The van der Waals surface area contributed by atoms with Crippen LogP contribution in [0.5, 0.6) is 5.75 Å². The van der Waals surface area contributed by atoms with E-state index in [0.717, 1.165) is 16.9 Å². The van der Waals surface area contributed by atoms with Crippen molar-refractivity contribution in [1.82, 2.24) is 10.3 Å². The summed E-state index contributed by atoms with van der Waals surface area (Å²) in [6, 6.07) is 5.72. The summed E-state index contributed by atoms with van der Waals surface area (Å²) < 4.78 is 5.34. The van der Waals surface area contributed by atoms with Crippen molar-refractivity contribution in [1.29, 1.82) is 0 Å². The first kappa shape index (κ1) is 11.7. The summed E-state index contributed by atoms with van der Waals surface area (Å²) in [5.74, 6) is 1.82. The molecule has 0 aliphatic rings. The number of aromatic nitrogens is 1. The molecule has 4 nitrogen and oxygen atoms in total. The Kier molecular flexibility index (Phi) is 3.44.